The minimum atomic E-state index is 0. The topological polar surface area (TPSA) is 44.4 Å². The molecule has 160 valence electrons. The van der Waals surface area contributed by atoms with Gasteiger partial charge in [-0.05, 0) is 69.9 Å². The van der Waals surface area contributed by atoms with Crippen LogP contribution in [0.4, 0.5) is 0 Å². The lowest BCUT2D eigenvalue weighted by atomic mass is 9.80. The van der Waals surface area contributed by atoms with E-state index >= 15 is 0 Å². The van der Waals surface area contributed by atoms with Crippen molar-refractivity contribution >= 4 is 30.7 Å². The van der Waals surface area contributed by atoms with Gasteiger partial charge < -0.3 is 10.6 Å². The van der Waals surface area contributed by atoms with E-state index in [4.69, 9.17) is 0 Å². The van der Waals surface area contributed by atoms with Gasteiger partial charge in [0.2, 0.25) is 0 Å². The molecule has 28 heavy (non-hydrogen) atoms. The van der Waals surface area contributed by atoms with Gasteiger partial charge in [0.25, 0.3) is 5.91 Å². The Morgan fingerprint density at radius 1 is 1.21 bits per heavy atom. The average Bonchev–Trinajstić information content (AvgIpc) is 3.19. The van der Waals surface area contributed by atoms with Crippen molar-refractivity contribution in [2.75, 3.05) is 33.2 Å². The molecular formula is C22H37Cl2N3O. The van der Waals surface area contributed by atoms with Gasteiger partial charge in [0, 0.05) is 17.6 Å². The summed E-state index contributed by atoms with van der Waals surface area (Å²) in [6.07, 6.45) is 8.44. The molecule has 1 unspecified atom stereocenters. The summed E-state index contributed by atoms with van der Waals surface area (Å²) < 4.78 is 0. The zero-order valence-electron chi connectivity index (χ0n) is 17.3. The van der Waals surface area contributed by atoms with E-state index < -0.39 is 0 Å². The van der Waals surface area contributed by atoms with Crippen LogP contribution < -0.4 is 10.6 Å². The minimum absolute atomic E-state index is 0. The molecule has 3 rings (SSSR count). The third-order valence-electron chi connectivity index (χ3n) is 6.58. The normalized spacial score (nSPS) is 20.9. The molecule has 0 aromatic heterocycles. The first kappa shape index (κ1) is 25.2. The zero-order chi connectivity index (χ0) is 18.4. The number of amides is 1. The smallest absolute Gasteiger partial charge is 0.251 e. The maximum Gasteiger partial charge on any atom is 0.251 e. The maximum absolute atomic E-state index is 13.0. The van der Waals surface area contributed by atoms with E-state index in [-0.39, 0.29) is 36.3 Å². The zero-order valence-corrected chi connectivity index (χ0v) is 19.0. The molecule has 6 heteroatoms. The molecule has 1 aromatic rings. The second-order valence-electron chi connectivity index (χ2n) is 8.20. The van der Waals surface area contributed by atoms with Crippen LogP contribution in [-0.4, -0.2) is 49.6 Å². The third kappa shape index (κ3) is 6.09. The Bertz CT molecular complexity index is 599. The molecule has 1 aliphatic carbocycles. The molecule has 2 N–H and O–H groups in total. The quantitative estimate of drug-likeness (QED) is 0.686. The van der Waals surface area contributed by atoms with Crippen LogP contribution in [0, 0.1) is 5.92 Å². The van der Waals surface area contributed by atoms with Crippen molar-refractivity contribution in [2.45, 2.75) is 57.4 Å². The molecule has 1 amide bonds. The predicted octanol–water partition coefficient (Wildman–Crippen LogP) is 4.07. The van der Waals surface area contributed by atoms with Gasteiger partial charge in [0.15, 0.2) is 0 Å². The second-order valence-corrected chi connectivity index (χ2v) is 8.20. The van der Waals surface area contributed by atoms with E-state index in [1.807, 2.05) is 12.1 Å². The first-order valence-electron chi connectivity index (χ1n) is 10.4. The van der Waals surface area contributed by atoms with Crippen molar-refractivity contribution in [3.63, 3.8) is 0 Å². The standard InChI is InChI=1S/C22H35N3O.2ClH/c1-3-25(2)22(12-7-4-8-13-22)17-24-21(26)20-10-6-5-9-19(20)15-18-11-14-23-16-18;;/h5-6,9-10,18,23H,3-4,7-8,11-17H2,1-2H3,(H,24,26);2*1H. The number of nitrogens with one attached hydrogen (secondary N) is 2. The Labute approximate surface area is 183 Å². The highest BCUT2D eigenvalue weighted by Crippen LogP contribution is 2.32. The van der Waals surface area contributed by atoms with Crippen molar-refractivity contribution in [1.29, 1.82) is 0 Å². The van der Waals surface area contributed by atoms with Crippen LogP contribution in [-0.2, 0) is 6.42 Å². The number of halogens is 2. The van der Waals surface area contributed by atoms with Crippen LogP contribution in [0.2, 0.25) is 0 Å². The molecule has 1 atom stereocenters. The first-order chi connectivity index (χ1) is 12.6. The van der Waals surface area contributed by atoms with Crippen LogP contribution in [0.15, 0.2) is 24.3 Å². The number of likely N-dealkylation sites (N-methyl/N-ethyl adjacent to an activating group) is 1. The van der Waals surface area contributed by atoms with Crippen LogP contribution >= 0.6 is 24.8 Å². The summed E-state index contributed by atoms with van der Waals surface area (Å²) in [5.74, 6) is 0.751. The van der Waals surface area contributed by atoms with E-state index in [0.717, 1.165) is 38.2 Å². The lowest BCUT2D eigenvalue weighted by Crippen LogP contribution is -2.55. The fraction of sp³-hybridized carbons (Fsp3) is 0.682. The minimum Gasteiger partial charge on any atom is -0.350 e. The molecule has 4 nitrogen and oxygen atoms in total. The molecule has 1 saturated heterocycles. The molecule has 1 aromatic carbocycles. The van der Waals surface area contributed by atoms with E-state index in [0.29, 0.717) is 5.92 Å². The highest BCUT2D eigenvalue weighted by molar-refractivity contribution is 5.95. The van der Waals surface area contributed by atoms with Gasteiger partial charge in [-0.15, -0.1) is 24.8 Å². The highest BCUT2D eigenvalue weighted by Gasteiger charge is 2.35. The van der Waals surface area contributed by atoms with Crippen molar-refractivity contribution in [2.24, 2.45) is 5.92 Å². The highest BCUT2D eigenvalue weighted by atomic mass is 35.5. The summed E-state index contributed by atoms with van der Waals surface area (Å²) in [5.41, 5.74) is 2.19. The fourth-order valence-corrected chi connectivity index (χ4v) is 4.70. The van der Waals surface area contributed by atoms with E-state index in [1.165, 1.54) is 44.1 Å². The summed E-state index contributed by atoms with van der Waals surface area (Å²) in [7, 11) is 2.21. The molecule has 2 fully saturated rings. The van der Waals surface area contributed by atoms with Crippen molar-refractivity contribution in [3.8, 4) is 0 Å². The Kier molecular flexibility index (Phi) is 10.8. The molecule has 1 heterocycles. The number of carbonyl (C=O) groups is 1. The van der Waals surface area contributed by atoms with Gasteiger partial charge in [0.1, 0.15) is 0 Å². The molecule has 0 bridgehead atoms. The predicted molar refractivity (Wildman–Crippen MR) is 122 cm³/mol. The molecule has 1 aliphatic heterocycles. The molecule has 0 radical (unpaired) electrons. The van der Waals surface area contributed by atoms with Gasteiger partial charge in [-0.2, -0.15) is 0 Å². The van der Waals surface area contributed by atoms with Crippen LogP contribution in [0.3, 0.4) is 0 Å². The fourth-order valence-electron chi connectivity index (χ4n) is 4.70. The number of carbonyl (C=O) groups excluding carboxylic acids is 1. The largest absolute Gasteiger partial charge is 0.350 e. The van der Waals surface area contributed by atoms with Crippen molar-refractivity contribution < 1.29 is 4.79 Å². The van der Waals surface area contributed by atoms with Gasteiger partial charge in [-0.25, -0.2) is 0 Å². The third-order valence-corrected chi connectivity index (χ3v) is 6.58. The average molecular weight is 430 g/mol. The number of nitrogens with zero attached hydrogens (tertiary/aromatic N) is 1. The summed E-state index contributed by atoms with van der Waals surface area (Å²) >= 11 is 0. The molecule has 2 aliphatic rings. The van der Waals surface area contributed by atoms with E-state index in [9.17, 15) is 4.79 Å². The second kappa shape index (κ2) is 12.0. The first-order valence-corrected chi connectivity index (χ1v) is 10.4. The van der Waals surface area contributed by atoms with E-state index in [2.05, 4.69) is 41.6 Å². The summed E-state index contributed by atoms with van der Waals surface area (Å²) in [6, 6.07) is 8.16. The Hall–Kier alpha value is -0.810. The molecule has 1 saturated carbocycles. The Balaban J connectivity index is 0.00000196. The van der Waals surface area contributed by atoms with Gasteiger partial charge in [-0.1, -0.05) is 44.4 Å². The Morgan fingerprint density at radius 2 is 1.93 bits per heavy atom. The lowest BCUT2D eigenvalue weighted by molar-refractivity contribution is 0.0699. The van der Waals surface area contributed by atoms with Crippen LogP contribution in [0.1, 0.15) is 61.4 Å². The lowest BCUT2D eigenvalue weighted by Gasteiger charge is -2.44. The summed E-state index contributed by atoms with van der Waals surface area (Å²) in [4.78, 5) is 15.4. The maximum atomic E-state index is 13.0. The SMILES string of the molecule is CCN(C)C1(CNC(=O)c2ccccc2CC2CCNC2)CCCCC1.Cl.Cl. The number of benzene rings is 1. The van der Waals surface area contributed by atoms with Gasteiger partial charge in [0.05, 0.1) is 0 Å². The van der Waals surface area contributed by atoms with Gasteiger partial charge in [-0.3, -0.25) is 9.69 Å². The molecule has 0 spiro atoms. The van der Waals surface area contributed by atoms with Crippen LogP contribution in [0.5, 0.6) is 0 Å². The molecular weight excluding hydrogens is 393 g/mol. The van der Waals surface area contributed by atoms with Crippen molar-refractivity contribution in [3.05, 3.63) is 35.4 Å². The summed E-state index contributed by atoms with van der Waals surface area (Å²) in [5, 5.41) is 6.72. The van der Waals surface area contributed by atoms with Gasteiger partial charge >= 0.3 is 0 Å². The summed E-state index contributed by atoms with van der Waals surface area (Å²) in [6.45, 7) is 6.17. The van der Waals surface area contributed by atoms with Crippen LogP contribution in [0.25, 0.3) is 0 Å². The van der Waals surface area contributed by atoms with E-state index in [1.54, 1.807) is 0 Å². The number of hydrogen-bond donors (Lipinski definition) is 2. The van der Waals surface area contributed by atoms with Crippen molar-refractivity contribution in [1.82, 2.24) is 15.5 Å². The monoisotopic (exact) mass is 429 g/mol. The number of hydrogen-bond acceptors (Lipinski definition) is 3. The number of rotatable bonds is 7. The Morgan fingerprint density at radius 3 is 2.57 bits per heavy atom.